The summed E-state index contributed by atoms with van der Waals surface area (Å²) in [6.07, 6.45) is 0. The van der Waals surface area contributed by atoms with Crippen LogP contribution >= 0.6 is 0 Å². The van der Waals surface area contributed by atoms with Crippen molar-refractivity contribution in [3.8, 4) is 11.3 Å². The maximum Gasteiger partial charge on any atom is 0.274 e. The van der Waals surface area contributed by atoms with Crippen molar-refractivity contribution >= 4 is 5.91 Å². The lowest BCUT2D eigenvalue weighted by Gasteiger charge is -2.19. The number of hydrogen-bond acceptors (Lipinski definition) is 3. The minimum atomic E-state index is -0.279. The smallest absolute Gasteiger partial charge is 0.274 e. The monoisotopic (exact) mass is 354 g/mol. The molecule has 3 aromatic carbocycles. The number of amides is 1. The number of carbonyl (C=O) groups is 1. The Morgan fingerprint density at radius 2 is 1.30 bits per heavy atom. The van der Waals surface area contributed by atoms with Crippen LogP contribution in [-0.4, -0.2) is 11.1 Å². The molecule has 0 bridgehead atoms. The summed E-state index contributed by atoms with van der Waals surface area (Å²) in [4.78, 5) is 12.8. The fourth-order valence-corrected chi connectivity index (χ4v) is 2.98. The summed E-state index contributed by atoms with van der Waals surface area (Å²) in [5.74, 6) is 0.287. The van der Waals surface area contributed by atoms with Crippen molar-refractivity contribution in [1.82, 2.24) is 10.5 Å². The summed E-state index contributed by atoms with van der Waals surface area (Å²) in [6, 6.07) is 30.7. The largest absolute Gasteiger partial charge is 0.355 e. The summed E-state index contributed by atoms with van der Waals surface area (Å²) in [5, 5.41) is 7.02. The zero-order chi connectivity index (χ0) is 18.5. The van der Waals surface area contributed by atoms with Gasteiger partial charge in [0.15, 0.2) is 11.5 Å². The Labute approximate surface area is 157 Å². The molecule has 4 nitrogen and oxygen atoms in total. The molecule has 0 aliphatic rings. The number of benzene rings is 3. The van der Waals surface area contributed by atoms with Crippen LogP contribution in [0.1, 0.15) is 27.7 Å². The number of hydrogen-bond donors (Lipinski definition) is 1. The molecule has 132 valence electrons. The average Bonchev–Trinajstić information content (AvgIpc) is 3.24. The van der Waals surface area contributed by atoms with E-state index in [0.29, 0.717) is 5.76 Å². The lowest BCUT2D eigenvalue weighted by molar-refractivity contribution is 0.0934. The van der Waals surface area contributed by atoms with E-state index in [-0.39, 0.29) is 17.6 Å². The summed E-state index contributed by atoms with van der Waals surface area (Å²) >= 11 is 0. The van der Waals surface area contributed by atoms with E-state index in [0.717, 1.165) is 16.7 Å². The minimum Gasteiger partial charge on any atom is -0.355 e. The van der Waals surface area contributed by atoms with Crippen LogP contribution in [0.25, 0.3) is 11.3 Å². The molecule has 0 spiro atoms. The van der Waals surface area contributed by atoms with Gasteiger partial charge in [-0.15, -0.1) is 0 Å². The summed E-state index contributed by atoms with van der Waals surface area (Å²) in [7, 11) is 0. The quantitative estimate of drug-likeness (QED) is 0.557. The van der Waals surface area contributed by atoms with E-state index in [1.807, 2.05) is 91.0 Å². The summed E-state index contributed by atoms with van der Waals surface area (Å²) < 4.78 is 5.35. The Morgan fingerprint density at radius 1 is 0.778 bits per heavy atom. The molecule has 1 aromatic heterocycles. The van der Waals surface area contributed by atoms with Gasteiger partial charge in [-0.25, -0.2) is 0 Å². The Hall–Kier alpha value is -3.66. The number of rotatable bonds is 5. The molecule has 0 atom stereocenters. The first-order valence-corrected chi connectivity index (χ1v) is 8.74. The minimum absolute atomic E-state index is 0.255. The summed E-state index contributed by atoms with van der Waals surface area (Å²) in [6.45, 7) is 0. The second kappa shape index (κ2) is 7.70. The second-order valence-electron chi connectivity index (χ2n) is 6.17. The SMILES string of the molecule is O=C(NC(c1ccccc1)c1ccccc1)c1cc(-c2ccccc2)on1. The maximum absolute atomic E-state index is 12.8. The van der Waals surface area contributed by atoms with Crippen LogP contribution in [0, 0.1) is 0 Å². The standard InChI is InChI=1S/C23H18N2O2/c26-23(20-16-21(27-25-20)17-10-4-1-5-11-17)24-22(18-12-6-2-7-13-18)19-14-8-3-9-15-19/h1-16,22H,(H,24,26). The van der Waals surface area contributed by atoms with Crippen molar-refractivity contribution in [3.05, 3.63) is 114 Å². The van der Waals surface area contributed by atoms with Gasteiger partial charge in [-0.1, -0.05) is 96.2 Å². The van der Waals surface area contributed by atoms with E-state index in [9.17, 15) is 4.79 Å². The Kier molecular flexibility index (Phi) is 4.79. The number of carbonyl (C=O) groups excluding carboxylic acids is 1. The number of nitrogens with zero attached hydrogens (tertiary/aromatic N) is 1. The van der Waals surface area contributed by atoms with Gasteiger partial charge in [0.2, 0.25) is 0 Å². The van der Waals surface area contributed by atoms with Gasteiger partial charge >= 0.3 is 0 Å². The predicted molar refractivity (Wildman–Crippen MR) is 104 cm³/mol. The van der Waals surface area contributed by atoms with Crippen LogP contribution in [0.3, 0.4) is 0 Å². The number of aromatic nitrogens is 1. The third-order valence-electron chi connectivity index (χ3n) is 4.34. The fourth-order valence-electron chi connectivity index (χ4n) is 2.98. The van der Waals surface area contributed by atoms with Crippen LogP contribution in [0.4, 0.5) is 0 Å². The van der Waals surface area contributed by atoms with Gasteiger partial charge < -0.3 is 9.84 Å². The van der Waals surface area contributed by atoms with Crippen molar-refractivity contribution in [2.45, 2.75) is 6.04 Å². The van der Waals surface area contributed by atoms with E-state index in [1.165, 1.54) is 0 Å². The molecule has 0 saturated carbocycles. The Bertz CT molecular complexity index is 972. The topological polar surface area (TPSA) is 55.1 Å². The number of nitrogens with one attached hydrogen (secondary N) is 1. The van der Waals surface area contributed by atoms with Gasteiger partial charge in [0, 0.05) is 11.6 Å². The molecule has 27 heavy (non-hydrogen) atoms. The van der Waals surface area contributed by atoms with Crippen molar-refractivity contribution in [2.75, 3.05) is 0 Å². The second-order valence-corrected chi connectivity index (χ2v) is 6.17. The fraction of sp³-hybridized carbons (Fsp3) is 0.0435. The zero-order valence-electron chi connectivity index (χ0n) is 14.6. The molecule has 1 amide bonds. The van der Waals surface area contributed by atoms with Gasteiger partial charge in [0.1, 0.15) is 0 Å². The highest BCUT2D eigenvalue weighted by Gasteiger charge is 2.20. The van der Waals surface area contributed by atoms with E-state index >= 15 is 0 Å². The highest BCUT2D eigenvalue weighted by atomic mass is 16.5. The van der Waals surface area contributed by atoms with Crippen molar-refractivity contribution in [2.24, 2.45) is 0 Å². The Balaban J connectivity index is 1.60. The highest BCUT2D eigenvalue weighted by Crippen LogP contribution is 2.24. The molecule has 4 aromatic rings. The molecule has 0 aliphatic heterocycles. The van der Waals surface area contributed by atoms with Gasteiger partial charge in [0.25, 0.3) is 5.91 Å². The molecule has 0 unspecified atom stereocenters. The molecule has 1 N–H and O–H groups in total. The third kappa shape index (κ3) is 3.80. The van der Waals surface area contributed by atoms with Crippen LogP contribution in [0.2, 0.25) is 0 Å². The van der Waals surface area contributed by atoms with Crippen molar-refractivity contribution in [3.63, 3.8) is 0 Å². The normalized spacial score (nSPS) is 10.7. The maximum atomic E-state index is 12.8. The van der Waals surface area contributed by atoms with E-state index in [4.69, 9.17) is 4.52 Å². The zero-order valence-corrected chi connectivity index (χ0v) is 14.6. The van der Waals surface area contributed by atoms with Crippen LogP contribution < -0.4 is 5.32 Å². The first-order valence-electron chi connectivity index (χ1n) is 8.74. The average molecular weight is 354 g/mol. The highest BCUT2D eigenvalue weighted by molar-refractivity contribution is 5.93. The molecule has 0 aliphatic carbocycles. The van der Waals surface area contributed by atoms with Crippen LogP contribution in [-0.2, 0) is 0 Å². The Morgan fingerprint density at radius 3 is 1.85 bits per heavy atom. The molecule has 4 heteroatoms. The molecule has 0 saturated heterocycles. The molecule has 0 radical (unpaired) electrons. The lowest BCUT2D eigenvalue weighted by Crippen LogP contribution is -2.29. The van der Waals surface area contributed by atoms with E-state index in [1.54, 1.807) is 6.07 Å². The third-order valence-corrected chi connectivity index (χ3v) is 4.34. The molecular weight excluding hydrogens is 336 g/mol. The van der Waals surface area contributed by atoms with Gasteiger partial charge in [-0.2, -0.15) is 0 Å². The molecule has 1 heterocycles. The van der Waals surface area contributed by atoms with Crippen molar-refractivity contribution < 1.29 is 9.32 Å². The van der Waals surface area contributed by atoms with E-state index in [2.05, 4.69) is 10.5 Å². The van der Waals surface area contributed by atoms with Crippen molar-refractivity contribution in [1.29, 1.82) is 0 Å². The molecule has 0 fully saturated rings. The van der Waals surface area contributed by atoms with Crippen LogP contribution in [0.5, 0.6) is 0 Å². The molecular formula is C23H18N2O2. The lowest BCUT2D eigenvalue weighted by atomic mass is 9.98. The van der Waals surface area contributed by atoms with Crippen LogP contribution in [0.15, 0.2) is 102 Å². The van der Waals surface area contributed by atoms with Gasteiger partial charge in [-0.3, -0.25) is 4.79 Å². The van der Waals surface area contributed by atoms with Gasteiger partial charge in [0.05, 0.1) is 6.04 Å². The van der Waals surface area contributed by atoms with Gasteiger partial charge in [-0.05, 0) is 11.1 Å². The first kappa shape index (κ1) is 16.8. The predicted octanol–water partition coefficient (Wildman–Crippen LogP) is 4.86. The first-order chi connectivity index (χ1) is 13.3. The van der Waals surface area contributed by atoms with E-state index < -0.39 is 0 Å². The summed E-state index contributed by atoms with van der Waals surface area (Å²) in [5.41, 5.74) is 3.14. The molecule has 4 rings (SSSR count).